The molecule has 3 rings (SSSR count). The lowest BCUT2D eigenvalue weighted by Gasteiger charge is -2.25. The minimum Gasteiger partial charge on any atom is -0.395 e. The lowest BCUT2D eigenvalue weighted by Crippen LogP contribution is -2.31. The Hall–Kier alpha value is -1.21. The van der Waals surface area contributed by atoms with Gasteiger partial charge in [-0.3, -0.25) is 4.98 Å². The molecule has 0 spiro atoms. The van der Waals surface area contributed by atoms with Gasteiger partial charge in [0.2, 0.25) is 0 Å². The smallest absolute Gasteiger partial charge is 0.170 e. The number of thiophene rings is 1. The summed E-state index contributed by atoms with van der Waals surface area (Å²) in [6.45, 7) is 0.529. The van der Waals surface area contributed by atoms with Crippen molar-refractivity contribution < 1.29 is 5.11 Å². The van der Waals surface area contributed by atoms with E-state index in [2.05, 4.69) is 10.3 Å². The number of aromatic nitrogens is 1. The van der Waals surface area contributed by atoms with Gasteiger partial charge in [-0.2, -0.15) is 0 Å². The van der Waals surface area contributed by atoms with Gasteiger partial charge in [0.05, 0.1) is 28.7 Å². The molecule has 2 aromatic heterocycles. The average Bonchev–Trinajstić information content (AvgIpc) is 3.05. The largest absolute Gasteiger partial charge is 0.395 e. The Morgan fingerprint density at radius 2 is 2.24 bits per heavy atom. The molecule has 2 aromatic rings. The van der Waals surface area contributed by atoms with Crippen molar-refractivity contribution in [1.29, 1.82) is 0 Å². The molecule has 1 fully saturated rings. The summed E-state index contributed by atoms with van der Waals surface area (Å²) in [6.07, 6.45) is 1.77. The van der Waals surface area contributed by atoms with Crippen LogP contribution >= 0.6 is 35.2 Å². The molecule has 3 heterocycles. The molecule has 1 aliphatic rings. The first-order valence-corrected chi connectivity index (χ1v) is 8.15. The summed E-state index contributed by atoms with van der Waals surface area (Å²) in [7, 11) is 0. The molecule has 0 saturated carbocycles. The third-order valence-corrected chi connectivity index (χ3v) is 5.08. The Morgan fingerprint density at radius 3 is 2.86 bits per heavy atom. The fourth-order valence-corrected chi connectivity index (χ4v) is 4.09. The Bertz CT molecular complexity index is 634. The second-order valence-electron chi connectivity index (χ2n) is 4.69. The third-order valence-electron chi connectivity index (χ3n) is 3.42. The molecule has 0 amide bonds. The van der Waals surface area contributed by atoms with Crippen LogP contribution < -0.4 is 5.32 Å². The lowest BCUT2D eigenvalue weighted by molar-refractivity contribution is 0.224. The molecular formula is C14H14ClN3OS2. The highest BCUT2D eigenvalue weighted by Crippen LogP contribution is 2.41. The molecule has 7 heteroatoms. The molecule has 1 saturated heterocycles. The predicted octanol–water partition coefficient (Wildman–Crippen LogP) is 2.76. The molecule has 0 unspecified atom stereocenters. The van der Waals surface area contributed by atoms with Crippen molar-refractivity contribution in [3.8, 4) is 0 Å². The summed E-state index contributed by atoms with van der Waals surface area (Å²) in [5.41, 5.74) is 0.926. The van der Waals surface area contributed by atoms with Crippen LogP contribution in [0.5, 0.6) is 0 Å². The van der Waals surface area contributed by atoms with Crippen molar-refractivity contribution in [3.63, 3.8) is 0 Å². The van der Waals surface area contributed by atoms with Gasteiger partial charge in [0.15, 0.2) is 5.11 Å². The molecule has 110 valence electrons. The number of aliphatic hydroxyl groups excluding tert-OH is 1. The minimum absolute atomic E-state index is 0.00273. The first kappa shape index (κ1) is 14.7. The molecule has 0 radical (unpaired) electrons. The number of hydrogen-bond acceptors (Lipinski definition) is 4. The van der Waals surface area contributed by atoms with Crippen LogP contribution in [0.2, 0.25) is 4.34 Å². The van der Waals surface area contributed by atoms with Crippen molar-refractivity contribution in [2.24, 2.45) is 0 Å². The van der Waals surface area contributed by atoms with E-state index in [1.807, 2.05) is 35.2 Å². The van der Waals surface area contributed by atoms with Gasteiger partial charge in [-0.25, -0.2) is 0 Å². The Balaban J connectivity index is 2.00. The Kier molecular flexibility index (Phi) is 4.40. The summed E-state index contributed by atoms with van der Waals surface area (Å²) in [6, 6.07) is 9.67. The first-order chi connectivity index (χ1) is 10.2. The van der Waals surface area contributed by atoms with Gasteiger partial charge in [0.25, 0.3) is 0 Å². The fourth-order valence-electron chi connectivity index (χ4n) is 2.55. The highest BCUT2D eigenvalue weighted by atomic mass is 35.5. The fraction of sp³-hybridized carbons (Fsp3) is 0.286. The predicted molar refractivity (Wildman–Crippen MR) is 88.6 cm³/mol. The van der Waals surface area contributed by atoms with Gasteiger partial charge in [0.1, 0.15) is 0 Å². The quantitative estimate of drug-likeness (QED) is 0.839. The molecule has 2 N–H and O–H groups in total. The van der Waals surface area contributed by atoms with Gasteiger partial charge < -0.3 is 15.3 Å². The minimum atomic E-state index is -0.0417. The normalized spacial score (nSPS) is 21.6. The lowest BCUT2D eigenvalue weighted by atomic mass is 10.0. The summed E-state index contributed by atoms with van der Waals surface area (Å²) in [4.78, 5) is 7.54. The van der Waals surface area contributed by atoms with Gasteiger partial charge in [-0.1, -0.05) is 17.7 Å². The standard InChI is InChI=1S/C14H14ClN3OS2/c15-11-5-4-10(21-11)13-12(9-3-1-2-6-16-9)17-14(20)18(13)7-8-19/h1-6,12-13,19H,7-8H2,(H,17,20)/t12-,13+/m0/s1. The van der Waals surface area contributed by atoms with E-state index in [4.69, 9.17) is 23.8 Å². The van der Waals surface area contributed by atoms with E-state index in [1.165, 1.54) is 11.3 Å². The molecule has 0 aliphatic carbocycles. The number of pyridine rings is 1. The maximum absolute atomic E-state index is 9.30. The van der Waals surface area contributed by atoms with E-state index in [-0.39, 0.29) is 18.7 Å². The molecule has 0 bridgehead atoms. The summed E-state index contributed by atoms with van der Waals surface area (Å²) in [5.74, 6) is 0. The van der Waals surface area contributed by atoms with Crippen LogP contribution in [0.25, 0.3) is 0 Å². The number of halogens is 1. The SMILES string of the molecule is OCCN1C(=S)N[C@@H](c2ccccn2)[C@H]1c1ccc(Cl)s1. The second-order valence-corrected chi connectivity index (χ2v) is 6.82. The summed E-state index contributed by atoms with van der Waals surface area (Å²) in [5, 5.41) is 13.2. The molecule has 21 heavy (non-hydrogen) atoms. The Labute approximate surface area is 137 Å². The van der Waals surface area contributed by atoms with Crippen molar-refractivity contribution in [1.82, 2.24) is 15.2 Å². The number of hydrogen-bond donors (Lipinski definition) is 2. The summed E-state index contributed by atoms with van der Waals surface area (Å²) >= 11 is 13.0. The zero-order valence-corrected chi connectivity index (χ0v) is 13.5. The maximum Gasteiger partial charge on any atom is 0.170 e. The zero-order valence-electron chi connectivity index (χ0n) is 11.1. The van der Waals surface area contributed by atoms with Crippen LogP contribution in [0.4, 0.5) is 0 Å². The van der Waals surface area contributed by atoms with E-state index in [9.17, 15) is 5.11 Å². The topological polar surface area (TPSA) is 48.4 Å². The monoisotopic (exact) mass is 339 g/mol. The molecule has 1 aliphatic heterocycles. The molecule has 2 atom stereocenters. The Morgan fingerprint density at radius 1 is 1.38 bits per heavy atom. The molecular weight excluding hydrogens is 326 g/mol. The third kappa shape index (κ3) is 2.89. The van der Waals surface area contributed by atoms with E-state index < -0.39 is 0 Å². The number of β-amino-alcohol motifs (C(OH)–C–C–N with tert-alkyl or cyclic N) is 1. The van der Waals surface area contributed by atoms with Crippen molar-refractivity contribution in [3.05, 3.63) is 51.4 Å². The van der Waals surface area contributed by atoms with Crippen LogP contribution in [0.3, 0.4) is 0 Å². The van der Waals surface area contributed by atoms with E-state index >= 15 is 0 Å². The number of nitrogens with one attached hydrogen (secondary N) is 1. The van der Waals surface area contributed by atoms with E-state index in [0.717, 1.165) is 14.9 Å². The number of thiocarbonyl (C=S) groups is 1. The number of rotatable bonds is 4. The van der Waals surface area contributed by atoms with Crippen molar-refractivity contribution >= 4 is 40.3 Å². The van der Waals surface area contributed by atoms with Crippen LogP contribution in [0.1, 0.15) is 22.7 Å². The highest BCUT2D eigenvalue weighted by Gasteiger charge is 2.40. The van der Waals surface area contributed by atoms with Crippen molar-refractivity contribution in [2.45, 2.75) is 12.1 Å². The van der Waals surface area contributed by atoms with Gasteiger partial charge in [0, 0.05) is 17.6 Å². The average molecular weight is 340 g/mol. The van der Waals surface area contributed by atoms with E-state index in [1.54, 1.807) is 6.20 Å². The second kappa shape index (κ2) is 6.27. The number of nitrogens with zero attached hydrogens (tertiary/aromatic N) is 2. The molecule has 0 aromatic carbocycles. The highest BCUT2D eigenvalue weighted by molar-refractivity contribution is 7.80. The summed E-state index contributed by atoms with van der Waals surface area (Å²) < 4.78 is 0.742. The van der Waals surface area contributed by atoms with Crippen molar-refractivity contribution in [2.75, 3.05) is 13.2 Å². The zero-order chi connectivity index (χ0) is 14.8. The maximum atomic E-state index is 9.30. The first-order valence-electron chi connectivity index (χ1n) is 6.55. The van der Waals surface area contributed by atoms with Gasteiger partial charge in [-0.15, -0.1) is 11.3 Å². The van der Waals surface area contributed by atoms with E-state index in [0.29, 0.717) is 11.7 Å². The van der Waals surface area contributed by atoms with Crippen LogP contribution in [0.15, 0.2) is 36.5 Å². The van der Waals surface area contributed by atoms with Gasteiger partial charge in [-0.05, 0) is 36.5 Å². The van der Waals surface area contributed by atoms with Crippen LogP contribution in [-0.2, 0) is 0 Å². The number of aliphatic hydroxyl groups is 1. The van der Waals surface area contributed by atoms with Gasteiger partial charge >= 0.3 is 0 Å². The molecule has 4 nitrogen and oxygen atoms in total. The van der Waals surface area contributed by atoms with Crippen LogP contribution in [0, 0.1) is 0 Å². The van der Waals surface area contributed by atoms with Crippen LogP contribution in [-0.4, -0.2) is 33.3 Å².